The maximum absolute atomic E-state index is 10.5. The molecule has 1 fully saturated rings. The minimum absolute atomic E-state index is 0.0103. The minimum Gasteiger partial charge on any atom is -0.476 e. The maximum atomic E-state index is 10.5. The number of carbonyl (C=O) groups is 1. The highest BCUT2D eigenvalue weighted by atomic mass is 16.5. The number of rotatable bonds is 3. The smallest absolute Gasteiger partial charge is 0.358 e. The molecule has 1 aromatic rings. The van der Waals surface area contributed by atoms with Crippen LogP contribution in [-0.4, -0.2) is 39.3 Å². The lowest BCUT2D eigenvalue weighted by Gasteiger charge is -2.05. The molecule has 0 spiro atoms. The van der Waals surface area contributed by atoms with Crippen LogP contribution >= 0.6 is 0 Å². The van der Waals surface area contributed by atoms with Gasteiger partial charge in [0.15, 0.2) is 5.69 Å². The highest BCUT2D eigenvalue weighted by molar-refractivity contribution is 5.84. The number of aromatic nitrogens is 3. The third-order valence-corrected chi connectivity index (χ3v) is 2.23. The lowest BCUT2D eigenvalue weighted by atomic mass is 10.1. The van der Waals surface area contributed by atoms with Gasteiger partial charge in [0.2, 0.25) is 0 Å². The SMILES string of the molecule is O=C(O)c1cn(C[C@H]2CCOC2)nn1. The second-order valence-electron chi connectivity index (χ2n) is 3.36. The molecule has 1 aliphatic rings. The van der Waals surface area contributed by atoms with Gasteiger partial charge in [0.05, 0.1) is 12.8 Å². The van der Waals surface area contributed by atoms with Gasteiger partial charge in [-0.15, -0.1) is 5.10 Å². The summed E-state index contributed by atoms with van der Waals surface area (Å²) in [5.74, 6) is -0.614. The number of nitrogens with zero attached hydrogens (tertiary/aromatic N) is 3. The summed E-state index contributed by atoms with van der Waals surface area (Å²) < 4.78 is 6.76. The van der Waals surface area contributed by atoms with Gasteiger partial charge in [-0.3, -0.25) is 4.68 Å². The number of hydrogen-bond donors (Lipinski definition) is 1. The van der Waals surface area contributed by atoms with Crippen molar-refractivity contribution < 1.29 is 14.6 Å². The largest absolute Gasteiger partial charge is 0.476 e. The van der Waals surface area contributed by atoms with Crippen LogP contribution in [0.3, 0.4) is 0 Å². The van der Waals surface area contributed by atoms with Crippen LogP contribution in [0.4, 0.5) is 0 Å². The predicted octanol–water partition coefficient (Wildman–Crippen LogP) is 0.0128. The van der Waals surface area contributed by atoms with Crippen LogP contribution in [0.15, 0.2) is 6.20 Å². The normalized spacial score (nSPS) is 21.3. The molecule has 2 rings (SSSR count). The number of hydrogen-bond acceptors (Lipinski definition) is 4. The zero-order chi connectivity index (χ0) is 9.97. The molecule has 2 heterocycles. The fraction of sp³-hybridized carbons (Fsp3) is 0.625. The van der Waals surface area contributed by atoms with Crippen LogP contribution in [0.5, 0.6) is 0 Å². The van der Waals surface area contributed by atoms with Crippen LogP contribution in [0.1, 0.15) is 16.9 Å². The van der Waals surface area contributed by atoms with Crippen molar-refractivity contribution >= 4 is 5.97 Å². The molecule has 6 nitrogen and oxygen atoms in total. The van der Waals surface area contributed by atoms with E-state index in [-0.39, 0.29) is 5.69 Å². The van der Waals surface area contributed by atoms with E-state index >= 15 is 0 Å². The Hall–Kier alpha value is -1.43. The number of aromatic carboxylic acids is 1. The summed E-state index contributed by atoms with van der Waals surface area (Å²) in [6.45, 7) is 2.19. The van der Waals surface area contributed by atoms with Gasteiger partial charge in [0, 0.05) is 19.1 Å². The monoisotopic (exact) mass is 197 g/mol. The van der Waals surface area contributed by atoms with Gasteiger partial charge in [0.1, 0.15) is 0 Å². The number of ether oxygens (including phenoxy) is 1. The van der Waals surface area contributed by atoms with E-state index in [1.807, 2.05) is 0 Å². The molecule has 1 N–H and O–H groups in total. The fourth-order valence-corrected chi connectivity index (χ4v) is 1.48. The summed E-state index contributed by atoms with van der Waals surface area (Å²) in [6, 6.07) is 0. The zero-order valence-corrected chi connectivity index (χ0v) is 7.59. The van der Waals surface area contributed by atoms with Crippen molar-refractivity contribution in [3.05, 3.63) is 11.9 Å². The van der Waals surface area contributed by atoms with E-state index in [0.717, 1.165) is 19.6 Å². The highest BCUT2D eigenvalue weighted by Gasteiger charge is 2.17. The summed E-state index contributed by atoms with van der Waals surface area (Å²) >= 11 is 0. The Labute approximate surface area is 80.5 Å². The van der Waals surface area contributed by atoms with Crippen molar-refractivity contribution in [1.29, 1.82) is 0 Å². The van der Waals surface area contributed by atoms with Crippen molar-refractivity contribution in [2.24, 2.45) is 5.92 Å². The molecule has 0 aromatic carbocycles. The second kappa shape index (κ2) is 3.75. The van der Waals surface area contributed by atoms with Crippen molar-refractivity contribution in [3.63, 3.8) is 0 Å². The zero-order valence-electron chi connectivity index (χ0n) is 7.59. The van der Waals surface area contributed by atoms with Crippen molar-refractivity contribution in [1.82, 2.24) is 15.0 Å². The topological polar surface area (TPSA) is 77.2 Å². The van der Waals surface area contributed by atoms with Crippen LogP contribution < -0.4 is 0 Å². The third-order valence-electron chi connectivity index (χ3n) is 2.23. The van der Waals surface area contributed by atoms with Crippen molar-refractivity contribution in [2.75, 3.05) is 13.2 Å². The van der Waals surface area contributed by atoms with Crippen LogP contribution in [0.25, 0.3) is 0 Å². The molecule has 0 saturated carbocycles. The molecule has 0 unspecified atom stereocenters. The Morgan fingerprint density at radius 2 is 2.64 bits per heavy atom. The Bertz CT molecular complexity index is 330. The fourth-order valence-electron chi connectivity index (χ4n) is 1.48. The predicted molar refractivity (Wildman–Crippen MR) is 45.9 cm³/mol. The molecule has 76 valence electrons. The molecule has 0 amide bonds. The van der Waals surface area contributed by atoms with E-state index in [0.29, 0.717) is 12.5 Å². The molecular weight excluding hydrogens is 186 g/mol. The quantitative estimate of drug-likeness (QED) is 0.738. The average molecular weight is 197 g/mol. The molecule has 0 aliphatic carbocycles. The first kappa shape index (κ1) is 9.14. The molecular formula is C8H11N3O3. The summed E-state index contributed by atoms with van der Waals surface area (Å²) in [5.41, 5.74) is -0.0103. The standard InChI is InChI=1S/C8H11N3O3/c12-8(13)7-4-11(10-9-7)3-6-1-2-14-5-6/h4,6H,1-3,5H2,(H,12,13)/t6-/m1/s1. The van der Waals surface area contributed by atoms with Gasteiger partial charge in [-0.05, 0) is 6.42 Å². The van der Waals surface area contributed by atoms with Gasteiger partial charge < -0.3 is 9.84 Å². The van der Waals surface area contributed by atoms with E-state index in [9.17, 15) is 4.79 Å². The summed E-state index contributed by atoms with van der Waals surface area (Å²) in [5, 5.41) is 15.9. The number of carboxylic acid groups (broad SMARTS) is 1. The summed E-state index contributed by atoms with van der Waals surface area (Å²) in [7, 11) is 0. The van der Waals surface area contributed by atoms with Crippen molar-refractivity contribution in [3.8, 4) is 0 Å². The lowest BCUT2D eigenvalue weighted by Crippen LogP contribution is -2.11. The second-order valence-corrected chi connectivity index (χ2v) is 3.36. The van der Waals surface area contributed by atoms with E-state index in [1.165, 1.54) is 6.20 Å². The van der Waals surface area contributed by atoms with Crippen LogP contribution in [-0.2, 0) is 11.3 Å². The van der Waals surface area contributed by atoms with Gasteiger partial charge >= 0.3 is 5.97 Å². The molecule has 1 atom stereocenters. The van der Waals surface area contributed by atoms with E-state index in [2.05, 4.69) is 10.3 Å². The van der Waals surface area contributed by atoms with Crippen LogP contribution in [0, 0.1) is 5.92 Å². The van der Waals surface area contributed by atoms with Crippen molar-refractivity contribution in [2.45, 2.75) is 13.0 Å². The Kier molecular flexibility index (Phi) is 2.45. The van der Waals surface area contributed by atoms with Crippen LogP contribution in [0.2, 0.25) is 0 Å². The third kappa shape index (κ3) is 1.90. The molecule has 14 heavy (non-hydrogen) atoms. The molecule has 1 aliphatic heterocycles. The minimum atomic E-state index is -1.04. The molecule has 0 bridgehead atoms. The lowest BCUT2D eigenvalue weighted by molar-refractivity contribution is 0.0690. The molecule has 1 saturated heterocycles. The van der Waals surface area contributed by atoms with Gasteiger partial charge in [0.25, 0.3) is 0 Å². The first-order valence-corrected chi connectivity index (χ1v) is 4.47. The maximum Gasteiger partial charge on any atom is 0.358 e. The first-order chi connectivity index (χ1) is 6.75. The highest BCUT2D eigenvalue weighted by Crippen LogP contribution is 2.13. The summed E-state index contributed by atoms with van der Waals surface area (Å²) in [6.07, 6.45) is 2.45. The Morgan fingerprint density at radius 1 is 1.79 bits per heavy atom. The summed E-state index contributed by atoms with van der Waals surface area (Å²) in [4.78, 5) is 10.5. The molecule has 0 radical (unpaired) electrons. The first-order valence-electron chi connectivity index (χ1n) is 4.47. The van der Waals surface area contributed by atoms with Gasteiger partial charge in [-0.2, -0.15) is 0 Å². The molecule has 6 heteroatoms. The molecule has 1 aromatic heterocycles. The van der Waals surface area contributed by atoms with E-state index in [4.69, 9.17) is 9.84 Å². The number of carboxylic acids is 1. The average Bonchev–Trinajstić information content (AvgIpc) is 2.75. The Balaban J connectivity index is 1.98. The van der Waals surface area contributed by atoms with E-state index in [1.54, 1.807) is 4.68 Å². The van der Waals surface area contributed by atoms with Gasteiger partial charge in [-0.25, -0.2) is 4.79 Å². The Morgan fingerprint density at radius 3 is 3.21 bits per heavy atom. The van der Waals surface area contributed by atoms with Gasteiger partial charge in [-0.1, -0.05) is 5.21 Å². The van der Waals surface area contributed by atoms with E-state index < -0.39 is 5.97 Å².